The lowest BCUT2D eigenvalue weighted by Crippen LogP contribution is -2.19. The number of nitrogens with two attached hydrogens (primary N) is 1. The van der Waals surface area contributed by atoms with E-state index in [9.17, 15) is 0 Å². The smallest absolute Gasteiger partial charge is 0.0537 e. The van der Waals surface area contributed by atoms with Gasteiger partial charge in [-0.3, -0.25) is 4.68 Å². The Morgan fingerprint density at radius 1 is 1.64 bits per heavy atom. The molecule has 0 aliphatic heterocycles. The number of nitrogens with zero attached hydrogens (tertiary/aromatic N) is 2. The van der Waals surface area contributed by atoms with E-state index in [0.29, 0.717) is 5.92 Å². The van der Waals surface area contributed by atoms with Crippen LogP contribution in [0.3, 0.4) is 0 Å². The number of hydrogen-bond donors (Lipinski definition) is 1. The van der Waals surface area contributed by atoms with Crippen molar-refractivity contribution in [3.63, 3.8) is 0 Å². The zero-order chi connectivity index (χ0) is 10.6. The number of aromatic nitrogens is 2. The van der Waals surface area contributed by atoms with E-state index < -0.39 is 0 Å². The highest BCUT2D eigenvalue weighted by Crippen LogP contribution is 2.20. The van der Waals surface area contributed by atoms with Crippen LogP contribution in [0.15, 0.2) is 12.4 Å². The van der Waals surface area contributed by atoms with Gasteiger partial charge in [-0.05, 0) is 12.3 Å². The summed E-state index contributed by atoms with van der Waals surface area (Å²) in [5.41, 5.74) is 7.18. The van der Waals surface area contributed by atoms with Gasteiger partial charge < -0.3 is 10.5 Å². The van der Waals surface area contributed by atoms with E-state index in [-0.39, 0.29) is 6.04 Å². The first-order valence-corrected chi connectivity index (χ1v) is 4.88. The molecule has 1 aromatic heterocycles. The van der Waals surface area contributed by atoms with Crippen LogP contribution in [0.4, 0.5) is 0 Å². The summed E-state index contributed by atoms with van der Waals surface area (Å²) in [6.45, 7) is 2.89. The number of rotatable bonds is 5. The van der Waals surface area contributed by atoms with E-state index in [0.717, 1.165) is 18.6 Å². The molecule has 0 aliphatic carbocycles. The van der Waals surface area contributed by atoms with Gasteiger partial charge in [-0.2, -0.15) is 5.10 Å². The molecule has 4 nitrogen and oxygen atoms in total. The van der Waals surface area contributed by atoms with Crippen LogP contribution in [-0.2, 0) is 11.8 Å². The highest BCUT2D eigenvalue weighted by Gasteiger charge is 2.15. The molecule has 4 heteroatoms. The van der Waals surface area contributed by atoms with E-state index in [1.54, 1.807) is 11.8 Å². The molecule has 0 saturated carbocycles. The third kappa shape index (κ3) is 2.82. The summed E-state index contributed by atoms with van der Waals surface area (Å²) in [7, 11) is 3.61. The Morgan fingerprint density at radius 2 is 2.36 bits per heavy atom. The third-order valence-electron chi connectivity index (χ3n) is 2.50. The van der Waals surface area contributed by atoms with Crippen molar-refractivity contribution in [1.82, 2.24) is 9.78 Å². The van der Waals surface area contributed by atoms with E-state index in [1.807, 2.05) is 19.4 Å². The molecule has 0 saturated heterocycles. The normalized spacial score (nSPS) is 15.4. The van der Waals surface area contributed by atoms with Gasteiger partial charge in [-0.25, -0.2) is 0 Å². The van der Waals surface area contributed by atoms with Gasteiger partial charge in [0.2, 0.25) is 0 Å². The first-order valence-electron chi connectivity index (χ1n) is 4.88. The van der Waals surface area contributed by atoms with Crippen molar-refractivity contribution in [1.29, 1.82) is 0 Å². The summed E-state index contributed by atoms with van der Waals surface area (Å²) in [5.74, 6) is 0.416. The minimum Gasteiger partial charge on any atom is -0.385 e. The standard InChI is InChI=1S/C10H19N3O/c1-8(4-5-14-3)10(11)9-6-12-13(2)7-9/h6-8,10H,4-5,11H2,1-3H3. The first kappa shape index (κ1) is 11.2. The Hall–Kier alpha value is -0.870. The molecule has 0 bridgehead atoms. The van der Waals surface area contributed by atoms with Crippen molar-refractivity contribution in [2.24, 2.45) is 18.7 Å². The van der Waals surface area contributed by atoms with Crippen molar-refractivity contribution in [3.05, 3.63) is 18.0 Å². The van der Waals surface area contributed by atoms with Crippen molar-refractivity contribution in [3.8, 4) is 0 Å². The van der Waals surface area contributed by atoms with Crippen molar-refractivity contribution < 1.29 is 4.74 Å². The van der Waals surface area contributed by atoms with Gasteiger partial charge in [0.25, 0.3) is 0 Å². The van der Waals surface area contributed by atoms with E-state index in [4.69, 9.17) is 10.5 Å². The number of hydrogen-bond acceptors (Lipinski definition) is 3. The highest BCUT2D eigenvalue weighted by molar-refractivity contribution is 5.10. The molecule has 1 rings (SSSR count). The summed E-state index contributed by atoms with van der Waals surface area (Å²) in [5, 5.41) is 4.11. The fourth-order valence-corrected chi connectivity index (χ4v) is 1.42. The molecule has 0 radical (unpaired) electrons. The molecule has 0 fully saturated rings. The van der Waals surface area contributed by atoms with Gasteiger partial charge in [0, 0.05) is 38.6 Å². The van der Waals surface area contributed by atoms with Crippen LogP contribution in [0.5, 0.6) is 0 Å². The Balaban J connectivity index is 2.51. The molecule has 2 unspecified atom stereocenters. The minimum absolute atomic E-state index is 0.0545. The Bertz CT molecular complexity index is 272. The molecule has 2 N–H and O–H groups in total. The molecule has 1 aromatic rings. The van der Waals surface area contributed by atoms with Crippen LogP contribution < -0.4 is 5.73 Å². The number of ether oxygens (including phenoxy) is 1. The largest absolute Gasteiger partial charge is 0.385 e. The summed E-state index contributed by atoms with van der Waals surface area (Å²) < 4.78 is 6.80. The fraction of sp³-hybridized carbons (Fsp3) is 0.700. The van der Waals surface area contributed by atoms with Gasteiger partial charge in [-0.15, -0.1) is 0 Å². The molecule has 1 heterocycles. The monoisotopic (exact) mass is 197 g/mol. The van der Waals surface area contributed by atoms with Gasteiger partial charge in [0.1, 0.15) is 0 Å². The van der Waals surface area contributed by atoms with Crippen molar-refractivity contribution in [2.45, 2.75) is 19.4 Å². The van der Waals surface area contributed by atoms with Crippen LogP contribution in [0.2, 0.25) is 0 Å². The summed E-state index contributed by atoms with van der Waals surface area (Å²) in [4.78, 5) is 0. The average Bonchev–Trinajstić information content (AvgIpc) is 2.60. The zero-order valence-corrected chi connectivity index (χ0v) is 9.10. The molecule has 0 aromatic carbocycles. The van der Waals surface area contributed by atoms with E-state index in [1.165, 1.54) is 0 Å². The zero-order valence-electron chi connectivity index (χ0n) is 9.10. The van der Waals surface area contributed by atoms with Crippen LogP contribution >= 0.6 is 0 Å². The van der Waals surface area contributed by atoms with Gasteiger partial charge in [0.15, 0.2) is 0 Å². The number of methoxy groups -OCH3 is 1. The molecule has 0 spiro atoms. The maximum absolute atomic E-state index is 6.08. The molecule has 2 atom stereocenters. The Morgan fingerprint density at radius 3 is 2.86 bits per heavy atom. The Kier molecular flexibility index (Phi) is 4.10. The maximum Gasteiger partial charge on any atom is 0.0537 e. The molecule has 80 valence electrons. The van der Waals surface area contributed by atoms with Crippen LogP contribution in [-0.4, -0.2) is 23.5 Å². The first-order chi connectivity index (χ1) is 6.65. The predicted octanol–water partition coefficient (Wildman–Crippen LogP) is 1.09. The van der Waals surface area contributed by atoms with E-state index in [2.05, 4.69) is 12.0 Å². The molecular formula is C10H19N3O. The summed E-state index contributed by atoms with van der Waals surface area (Å²) >= 11 is 0. The third-order valence-corrected chi connectivity index (χ3v) is 2.50. The quantitative estimate of drug-likeness (QED) is 0.768. The van der Waals surface area contributed by atoms with Crippen molar-refractivity contribution in [2.75, 3.05) is 13.7 Å². The SMILES string of the molecule is COCCC(C)C(N)c1cnn(C)c1. The Labute approximate surface area is 85.0 Å². The molecule has 14 heavy (non-hydrogen) atoms. The van der Waals surface area contributed by atoms with E-state index >= 15 is 0 Å². The van der Waals surface area contributed by atoms with Gasteiger partial charge in [0.05, 0.1) is 6.20 Å². The second-order valence-electron chi connectivity index (χ2n) is 3.73. The summed E-state index contributed by atoms with van der Waals surface area (Å²) in [6, 6.07) is 0.0545. The fourth-order valence-electron chi connectivity index (χ4n) is 1.42. The second kappa shape index (κ2) is 5.12. The van der Waals surface area contributed by atoms with Crippen molar-refractivity contribution >= 4 is 0 Å². The van der Waals surface area contributed by atoms with Gasteiger partial charge >= 0.3 is 0 Å². The van der Waals surface area contributed by atoms with Crippen LogP contribution in [0.25, 0.3) is 0 Å². The maximum atomic E-state index is 6.08. The topological polar surface area (TPSA) is 53.1 Å². The highest BCUT2D eigenvalue weighted by atomic mass is 16.5. The average molecular weight is 197 g/mol. The number of aryl methyl sites for hydroxylation is 1. The van der Waals surface area contributed by atoms with Gasteiger partial charge in [-0.1, -0.05) is 6.92 Å². The molecule has 0 amide bonds. The summed E-state index contributed by atoms with van der Waals surface area (Å²) in [6.07, 6.45) is 4.77. The lowest BCUT2D eigenvalue weighted by atomic mass is 9.95. The second-order valence-corrected chi connectivity index (χ2v) is 3.73. The lowest BCUT2D eigenvalue weighted by Gasteiger charge is -2.17. The van der Waals surface area contributed by atoms with Crippen LogP contribution in [0, 0.1) is 5.92 Å². The molecular weight excluding hydrogens is 178 g/mol. The van der Waals surface area contributed by atoms with Crippen LogP contribution in [0.1, 0.15) is 24.9 Å². The lowest BCUT2D eigenvalue weighted by molar-refractivity contribution is 0.174. The predicted molar refractivity (Wildman–Crippen MR) is 55.8 cm³/mol. The molecule has 0 aliphatic rings. The minimum atomic E-state index is 0.0545.